The lowest BCUT2D eigenvalue weighted by atomic mass is 10.2. The molecule has 1 N–H and O–H groups in total. The number of hydrogen-bond donors (Lipinski definition) is 1. The molecule has 2 aromatic carbocycles. The number of rotatable bonds is 7. The van der Waals surface area contributed by atoms with Gasteiger partial charge in [0.25, 0.3) is 0 Å². The van der Waals surface area contributed by atoms with E-state index in [4.69, 9.17) is 4.74 Å². The third-order valence-electron chi connectivity index (χ3n) is 4.11. The van der Waals surface area contributed by atoms with Gasteiger partial charge in [-0.05, 0) is 30.3 Å². The van der Waals surface area contributed by atoms with Gasteiger partial charge in [0.05, 0.1) is 11.9 Å². The molecular formula is C22H20N4O. The van der Waals surface area contributed by atoms with Gasteiger partial charge < -0.3 is 10.1 Å². The Morgan fingerprint density at radius 2 is 1.63 bits per heavy atom. The van der Waals surface area contributed by atoms with Crippen LogP contribution >= 0.6 is 0 Å². The lowest BCUT2D eigenvalue weighted by molar-refractivity contribution is 0.453. The van der Waals surface area contributed by atoms with Gasteiger partial charge in [0.1, 0.15) is 5.75 Å². The van der Waals surface area contributed by atoms with Crippen LogP contribution in [0.2, 0.25) is 0 Å². The van der Waals surface area contributed by atoms with Crippen LogP contribution in [-0.2, 0) is 13.1 Å². The molecule has 0 aliphatic rings. The number of para-hydroxylation sites is 2. The summed E-state index contributed by atoms with van der Waals surface area (Å²) in [5.41, 5.74) is 3.18. The Balaban J connectivity index is 1.38. The average molecular weight is 356 g/mol. The SMILES string of the molecule is c1ccc(Oc2ncccc2CNCc2cnn(-c3ccccc3)c2)cc1. The van der Waals surface area contributed by atoms with Crippen molar-refractivity contribution in [3.63, 3.8) is 0 Å². The van der Waals surface area contributed by atoms with E-state index in [1.54, 1.807) is 6.20 Å². The van der Waals surface area contributed by atoms with Crippen molar-refractivity contribution in [2.75, 3.05) is 0 Å². The zero-order valence-electron chi connectivity index (χ0n) is 14.8. The Bertz CT molecular complexity index is 983. The second-order valence-electron chi connectivity index (χ2n) is 6.12. The maximum Gasteiger partial charge on any atom is 0.223 e. The second kappa shape index (κ2) is 8.29. The molecule has 134 valence electrons. The number of pyridine rings is 1. The molecule has 4 aromatic rings. The molecule has 0 spiro atoms. The number of aromatic nitrogens is 3. The van der Waals surface area contributed by atoms with Crippen molar-refractivity contribution < 1.29 is 4.74 Å². The Morgan fingerprint density at radius 1 is 0.852 bits per heavy atom. The molecule has 0 amide bonds. The van der Waals surface area contributed by atoms with Crippen molar-refractivity contribution in [2.24, 2.45) is 0 Å². The lowest BCUT2D eigenvalue weighted by Crippen LogP contribution is -2.13. The van der Waals surface area contributed by atoms with E-state index in [-0.39, 0.29) is 0 Å². The molecule has 0 radical (unpaired) electrons. The highest BCUT2D eigenvalue weighted by Gasteiger charge is 2.06. The first-order chi connectivity index (χ1) is 13.4. The number of nitrogens with one attached hydrogen (secondary N) is 1. The monoisotopic (exact) mass is 356 g/mol. The molecular weight excluding hydrogens is 336 g/mol. The molecule has 0 aliphatic carbocycles. The second-order valence-corrected chi connectivity index (χ2v) is 6.12. The predicted octanol–water partition coefficient (Wildman–Crippen LogP) is 4.35. The normalized spacial score (nSPS) is 10.7. The first-order valence-corrected chi connectivity index (χ1v) is 8.85. The molecule has 0 unspecified atom stereocenters. The minimum Gasteiger partial charge on any atom is -0.439 e. The van der Waals surface area contributed by atoms with Crippen molar-refractivity contribution in [2.45, 2.75) is 13.1 Å². The molecule has 0 bridgehead atoms. The molecule has 4 rings (SSSR count). The summed E-state index contributed by atoms with van der Waals surface area (Å²) in [6, 6.07) is 23.7. The van der Waals surface area contributed by atoms with Gasteiger partial charge in [0, 0.05) is 36.6 Å². The number of benzene rings is 2. The third kappa shape index (κ3) is 4.40. The summed E-state index contributed by atoms with van der Waals surface area (Å²) >= 11 is 0. The Labute approximate surface area is 158 Å². The zero-order valence-corrected chi connectivity index (χ0v) is 14.8. The number of hydrogen-bond acceptors (Lipinski definition) is 4. The van der Waals surface area contributed by atoms with Gasteiger partial charge >= 0.3 is 0 Å². The van der Waals surface area contributed by atoms with E-state index >= 15 is 0 Å². The molecule has 0 aliphatic heterocycles. The van der Waals surface area contributed by atoms with E-state index in [0.29, 0.717) is 19.0 Å². The Hall–Kier alpha value is -3.44. The van der Waals surface area contributed by atoms with E-state index in [1.807, 2.05) is 89.9 Å². The number of nitrogens with zero attached hydrogens (tertiary/aromatic N) is 3. The predicted molar refractivity (Wildman–Crippen MR) is 105 cm³/mol. The molecule has 0 saturated carbocycles. The van der Waals surface area contributed by atoms with Crippen molar-refractivity contribution in [3.05, 3.63) is 103 Å². The van der Waals surface area contributed by atoms with Crippen LogP contribution in [0.1, 0.15) is 11.1 Å². The molecule has 2 heterocycles. The van der Waals surface area contributed by atoms with E-state index in [1.165, 1.54) is 0 Å². The van der Waals surface area contributed by atoms with Gasteiger partial charge in [-0.25, -0.2) is 9.67 Å². The summed E-state index contributed by atoms with van der Waals surface area (Å²) in [7, 11) is 0. The van der Waals surface area contributed by atoms with Crippen molar-refractivity contribution in [3.8, 4) is 17.3 Å². The van der Waals surface area contributed by atoms with Gasteiger partial charge in [0.15, 0.2) is 0 Å². The van der Waals surface area contributed by atoms with E-state index in [2.05, 4.69) is 15.4 Å². The van der Waals surface area contributed by atoms with Crippen LogP contribution in [0.5, 0.6) is 11.6 Å². The van der Waals surface area contributed by atoms with Crippen molar-refractivity contribution >= 4 is 0 Å². The molecule has 0 fully saturated rings. The summed E-state index contributed by atoms with van der Waals surface area (Å²) in [5.74, 6) is 1.40. The van der Waals surface area contributed by atoms with Crippen LogP contribution in [-0.4, -0.2) is 14.8 Å². The zero-order chi connectivity index (χ0) is 18.3. The summed E-state index contributed by atoms with van der Waals surface area (Å²) < 4.78 is 7.79. The Kier molecular flexibility index (Phi) is 5.22. The minimum atomic E-state index is 0.621. The van der Waals surface area contributed by atoms with Crippen LogP contribution < -0.4 is 10.1 Å². The Morgan fingerprint density at radius 3 is 2.44 bits per heavy atom. The van der Waals surface area contributed by atoms with Gasteiger partial charge in [-0.1, -0.05) is 42.5 Å². The smallest absolute Gasteiger partial charge is 0.223 e. The summed E-state index contributed by atoms with van der Waals surface area (Å²) in [5, 5.41) is 7.86. The first-order valence-electron chi connectivity index (χ1n) is 8.85. The van der Waals surface area contributed by atoms with Crippen LogP contribution in [0, 0.1) is 0 Å². The molecule has 0 atom stereocenters. The molecule has 5 heteroatoms. The van der Waals surface area contributed by atoms with Crippen LogP contribution in [0.3, 0.4) is 0 Å². The minimum absolute atomic E-state index is 0.621. The molecule has 0 saturated heterocycles. The standard InChI is InChI=1S/C22H20N4O/c1-3-9-20(10-4-1)26-17-18(15-25-26)14-23-16-19-8-7-13-24-22(19)27-21-11-5-2-6-12-21/h1-13,15,17,23H,14,16H2. The lowest BCUT2D eigenvalue weighted by Gasteiger charge is -2.10. The van der Waals surface area contributed by atoms with Crippen LogP contribution in [0.4, 0.5) is 0 Å². The van der Waals surface area contributed by atoms with E-state index in [9.17, 15) is 0 Å². The van der Waals surface area contributed by atoms with Gasteiger partial charge in [0.2, 0.25) is 5.88 Å². The van der Waals surface area contributed by atoms with Crippen molar-refractivity contribution in [1.82, 2.24) is 20.1 Å². The summed E-state index contributed by atoms with van der Waals surface area (Å²) in [4.78, 5) is 4.36. The summed E-state index contributed by atoms with van der Waals surface area (Å²) in [6.07, 6.45) is 5.66. The highest BCUT2D eigenvalue weighted by atomic mass is 16.5. The number of ether oxygens (including phenoxy) is 1. The molecule has 2 aromatic heterocycles. The first kappa shape index (κ1) is 17.0. The maximum absolute atomic E-state index is 5.91. The quantitative estimate of drug-likeness (QED) is 0.535. The average Bonchev–Trinajstić information content (AvgIpc) is 3.20. The van der Waals surface area contributed by atoms with Gasteiger partial charge in [-0.15, -0.1) is 0 Å². The largest absolute Gasteiger partial charge is 0.439 e. The highest BCUT2D eigenvalue weighted by Crippen LogP contribution is 2.22. The van der Waals surface area contributed by atoms with Gasteiger partial charge in [-0.2, -0.15) is 5.10 Å². The van der Waals surface area contributed by atoms with Crippen LogP contribution in [0.15, 0.2) is 91.4 Å². The molecule has 5 nitrogen and oxygen atoms in total. The van der Waals surface area contributed by atoms with Gasteiger partial charge in [-0.3, -0.25) is 0 Å². The molecule has 27 heavy (non-hydrogen) atoms. The van der Waals surface area contributed by atoms with Crippen molar-refractivity contribution in [1.29, 1.82) is 0 Å². The van der Waals surface area contributed by atoms with E-state index in [0.717, 1.165) is 22.6 Å². The fraction of sp³-hybridized carbons (Fsp3) is 0.0909. The maximum atomic E-state index is 5.91. The highest BCUT2D eigenvalue weighted by molar-refractivity contribution is 5.32. The summed E-state index contributed by atoms with van der Waals surface area (Å²) in [6.45, 7) is 1.37. The fourth-order valence-corrected chi connectivity index (χ4v) is 2.77. The van der Waals surface area contributed by atoms with E-state index < -0.39 is 0 Å². The topological polar surface area (TPSA) is 52.0 Å². The van der Waals surface area contributed by atoms with Crippen LogP contribution in [0.25, 0.3) is 5.69 Å². The third-order valence-corrected chi connectivity index (χ3v) is 4.11. The fourth-order valence-electron chi connectivity index (χ4n) is 2.77.